The third kappa shape index (κ3) is 3.22. The van der Waals surface area contributed by atoms with Gasteiger partial charge in [-0.3, -0.25) is 0 Å². The second-order valence-corrected chi connectivity index (χ2v) is 8.55. The molecule has 0 aliphatic carbocycles. The van der Waals surface area contributed by atoms with Crippen LogP contribution in [0.15, 0.2) is 63.1 Å². The molecule has 7 nitrogen and oxygen atoms in total. The molecule has 0 aliphatic heterocycles. The van der Waals surface area contributed by atoms with Gasteiger partial charge < -0.3 is 5.73 Å². The number of nitrogens with two attached hydrogens (primary N) is 1. The zero-order chi connectivity index (χ0) is 18.9. The highest BCUT2D eigenvalue weighted by atomic mass is 79.9. The molecule has 1 aromatic heterocycles. The summed E-state index contributed by atoms with van der Waals surface area (Å²) >= 11 is 3.38. The summed E-state index contributed by atoms with van der Waals surface area (Å²) in [5, 5.41) is 4.37. The van der Waals surface area contributed by atoms with Crippen molar-refractivity contribution in [3.8, 4) is 0 Å². The standard InChI is InChI=1S/C17H16BrN5O2S/c1-11-2-5-13(6-3-11)26(24,25)23-10-15(16(9-19)21-22-20)14-7-4-12(18)8-17(14)23/h2-8,10,16H,9,19H2,1H3. The maximum atomic E-state index is 13.2. The smallest absolute Gasteiger partial charge is 0.268 e. The molecule has 3 aromatic rings. The number of hydrogen-bond acceptors (Lipinski definition) is 4. The van der Waals surface area contributed by atoms with Crippen molar-refractivity contribution in [2.24, 2.45) is 10.8 Å². The second kappa shape index (κ2) is 7.13. The normalized spacial score (nSPS) is 12.7. The fourth-order valence-electron chi connectivity index (χ4n) is 2.78. The molecule has 9 heteroatoms. The number of aromatic nitrogens is 1. The van der Waals surface area contributed by atoms with Gasteiger partial charge in [-0.25, -0.2) is 12.4 Å². The van der Waals surface area contributed by atoms with Crippen molar-refractivity contribution >= 4 is 36.9 Å². The molecule has 1 heterocycles. The first kappa shape index (κ1) is 18.5. The SMILES string of the molecule is Cc1ccc(S(=O)(=O)n2cc(C(CN)N=[N+]=[N-])c3ccc(Br)cc32)cc1. The van der Waals surface area contributed by atoms with Crippen LogP contribution in [0, 0.1) is 6.92 Å². The van der Waals surface area contributed by atoms with Crippen molar-refractivity contribution in [1.82, 2.24) is 3.97 Å². The van der Waals surface area contributed by atoms with Gasteiger partial charge in [-0.15, -0.1) is 0 Å². The highest BCUT2D eigenvalue weighted by Crippen LogP contribution is 2.33. The second-order valence-electron chi connectivity index (χ2n) is 5.82. The quantitative estimate of drug-likeness (QED) is 0.368. The first-order valence-corrected chi connectivity index (χ1v) is 9.99. The zero-order valence-corrected chi connectivity index (χ0v) is 16.3. The van der Waals surface area contributed by atoms with Gasteiger partial charge in [-0.2, -0.15) is 0 Å². The van der Waals surface area contributed by atoms with Crippen LogP contribution in [0.1, 0.15) is 17.2 Å². The van der Waals surface area contributed by atoms with Gasteiger partial charge in [-0.1, -0.05) is 44.8 Å². The van der Waals surface area contributed by atoms with Gasteiger partial charge >= 0.3 is 0 Å². The minimum Gasteiger partial charge on any atom is -0.330 e. The van der Waals surface area contributed by atoms with Crippen molar-refractivity contribution in [3.05, 3.63) is 74.7 Å². The average molecular weight is 434 g/mol. The van der Waals surface area contributed by atoms with E-state index >= 15 is 0 Å². The summed E-state index contributed by atoms with van der Waals surface area (Å²) < 4.78 is 28.3. The lowest BCUT2D eigenvalue weighted by Gasteiger charge is -2.08. The van der Waals surface area contributed by atoms with Gasteiger partial charge in [0.1, 0.15) is 0 Å². The third-order valence-electron chi connectivity index (χ3n) is 4.12. The Kier molecular flexibility index (Phi) is 5.06. The summed E-state index contributed by atoms with van der Waals surface area (Å²) in [6, 6.07) is 11.3. The molecule has 2 N–H and O–H groups in total. The van der Waals surface area contributed by atoms with Gasteiger partial charge in [-0.05, 0) is 42.3 Å². The number of rotatable bonds is 5. The van der Waals surface area contributed by atoms with Crippen LogP contribution in [0.2, 0.25) is 0 Å². The van der Waals surface area contributed by atoms with Crippen molar-refractivity contribution in [2.45, 2.75) is 17.9 Å². The van der Waals surface area contributed by atoms with Crippen LogP contribution in [0.5, 0.6) is 0 Å². The van der Waals surface area contributed by atoms with Crippen molar-refractivity contribution < 1.29 is 8.42 Å². The molecule has 0 saturated carbocycles. The molecule has 3 rings (SSSR count). The van der Waals surface area contributed by atoms with Gasteiger partial charge in [0.05, 0.1) is 16.5 Å². The topological polar surface area (TPSA) is 114 Å². The van der Waals surface area contributed by atoms with E-state index in [4.69, 9.17) is 11.3 Å². The predicted molar refractivity (Wildman–Crippen MR) is 104 cm³/mol. The largest absolute Gasteiger partial charge is 0.330 e. The van der Waals surface area contributed by atoms with E-state index in [0.717, 1.165) is 10.0 Å². The molecule has 1 atom stereocenters. The van der Waals surface area contributed by atoms with Crippen LogP contribution >= 0.6 is 15.9 Å². The number of benzene rings is 2. The molecule has 2 aromatic carbocycles. The predicted octanol–water partition coefficient (Wildman–Crippen LogP) is 4.26. The lowest BCUT2D eigenvalue weighted by Crippen LogP contribution is -2.12. The maximum absolute atomic E-state index is 13.2. The summed E-state index contributed by atoms with van der Waals surface area (Å²) in [6.07, 6.45) is 1.48. The molecule has 0 saturated heterocycles. The fraction of sp³-hybridized carbons (Fsp3) is 0.176. The number of fused-ring (bicyclic) bond motifs is 1. The monoisotopic (exact) mass is 433 g/mol. The molecule has 1 unspecified atom stereocenters. The molecule has 0 bridgehead atoms. The van der Waals surface area contributed by atoms with E-state index in [2.05, 4.69) is 26.0 Å². The number of halogens is 1. The van der Waals surface area contributed by atoms with Gasteiger partial charge in [0.2, 0.25) is 0 Å². The Hall–Kier alpha value is -2.32. The van der Waals surface area contributed by atoms with Gasteiger partial charge in [0.15, 0.2) is 0 Å². The number of hydrogen-bond donors (Lipinski definition) is 1. The highest BCUT2D eigenvalue weighted by molar-refractivity contribution is 9.10. The van der Waals surface area contributed by atoms with Crippen LogP contribution in [-0.4, -0.2) is 18.9 Å². The van der Waals surface area contributed by atoms with Crippen molar-refractivity contribution in [3.63, 3.8) is 0 Å². The Morgan fingerprint density at radius 3 is 2.58 bits per heavy atom. The van der Waals surface area contributed by atoms with E-state index < -0.39 is 16.1 Å². The number of aryl methyl sites for hydroxylation is 1. The van der Waals surface area contributed by atoms with Crippen LogP contribution < -0.4 is 5.73 Å². The summed E-state index contributed by atoms with van der Waals surface area (Å²) in [7, 11) is -3.81. The van der Waals surface area contributed by atoms with Gasteiger partial charge in [0.25, 0.3) is 10.0 Å². The van der Waals surface area contributed by atoms with Crippen molar-refractivity contribution in [1.29, 1.82) is 0 Å². The first-order chi connectivity index (χ1) is 12.4. The molecular formula is C17H16BrN5O2S. The lowest BCUT2D eigenvalue weighted by atomic mass is 10.1. The molecule has 134 valence electrons. The van der Waals surface area contributed by atoms with E-state index in [1.165, 1.54) is 10.2 Å². The zero-order valence-electron chi connectivity index (χ0n) is 13.9. The van der Waals surface area contributed by atoms with Crippen LogP contribution in [-0.2, 0) is 10.0 Å². The molecule has 0 aliphatic rings. The van der Waals surface area contributed by atoms with E-state index in [-0.39, 0.29) is 11.4 Å². The van der Waals surface area contributed by atoms with Crippen LogP contribution in [0.4, 0.5) is 0 Å². The summed E-state index contributed by atoms with van der Waals surface area (Å²) in [4.78, 5) is 3.00. The molecule has 0 radical (unpaired) electrons. The van der Waals surface area contributed by atoms with Crippen LogP contribution in [0.3, 0.4) is 0 Å². The average Bonchev–Trinajstić information content (AvgIpc) is 2.99. The Labute approximate surface area is 159 Å². The molecule has 26 heavy (non-hydrogen) atoms. The van der Waals surface area contributed by atoms with E-state index in [1.54, 1.807) is 42.5 Å². The van der Waals surface area contributed by atoms with Crippen molar-refractivity contribution in [2.75, 3.05) is 6.54 Å². The van der Waals surface area contributed by atoms with Crippen LogP contribution in [0.25, 0.3) is 21.3 Å². The summed E-state index contributed by atoms with van der Waals surface area (Å²) in [5.41, 5.74) is 16.5. The maximum Gasteiger partial charge on any atom is 0.268 e. The number of azide groups is 1. The number of nitrogens with zero attached hydrogens (tertiary/aromatic N) is 4. The summed E-state index contributed by atoms with van der Waals surface area (Å²) in [5.74, 6) is 0. The highest BCUT2D eigenvalue weighted by Gasteiger charge is 2.24. The molecular weight excluding hydrogens is 418 g/mol. The summed E-state index contributed by atoms with van der Waals surface area (Å²) in [6.45, 7) is 1.96. The first-order valence-electron chi connectivity index (χ1n) is 7.75. The Bertz CT molecular complexity index is 1120. The van der Waals surface area contributed by atoms with Gasteiger partial charge in [0, 0.05) is 27.5 Å². The van der Waals surface area contributed by atoms with E-state index in [0.29, 0.717) is 16.5 Å². The minimum atomic E-state index is -3.81. The fourth-order valence-corrected chi connectivity index (χ4v) is 4.50. The molecule has 0 amide bonds. The lowest BCUT2D eigenvalue weighted by molar-refractivity contribution is 0.588. The molecule has 0 spiro atoms. The Morgan fingerprint density at radius 1 is 1.27 bits per heavy atom. The van der Waals surface area contributed by atoms with E-state index in [1.807, 2.05) is 6.92 Å². The Balaban J connectivity index is 2.30. The minimum absolute atomic E-state index is 0.0732. The molecule has 0 fully saturated rings. The Morgan fingerprint density at radius 2 is 1.96 bits per heavy atom. The third-order valence-corrected chi connectivity index (χ3v) is 6.30. The van der Waals surface area contributed by atoms with E-state index in [9.17, 15) is 8.42 Å².